The second-order valence-electron chi connectivity index (χ2n) is 3.79. The fraction of sp³-hybridized carbons (Fsp3) is 0.154. The lowest BCUT2D eigenvalue weighted by Crippen LogP contribution is -2.00. The number of carboxylic acids is 1. The molecule has 0 aliphatic carbocycles. The average Bonchev–Trinajstić information content (AvgIpc) is 2.16. The minimum atomic E-state index is -1.16. The number of aromatic carboxylic acids is 1. The Kier molecular flexibility index (Phi) is 3.18. The van der Waals surface area contributed by atoms with Gasteiger partial charge in [-0.05, 0) is 37.1 Å². The summed E-state index contributed by atoms with van der Waals surface area (Å²) in [6.07, 6.45) is 0. The van der Waals surface area contributed by atoms with E-state index in [-0.39, 0.29) is 11.3 Å². The van der Waals surface area contributed by atoms with Crippen LogP contribution in [0.2, 0.25) is 0 Å². The predicted molar refractivity (Wildman–Crippen MR) is 64.5 cm³/mol. The van der Waals surface area contributed by atoms with Crippen molar-refractivity contribution in [1.29, 1.82) is 0 Å². The van der Waals surface area contributed by atoms with E-state index in [0.29, 0.717) is 16.7 Å². The molecular weight excluding hydrogens is 204 g/mol. The monoisotopic (exact) mass is 218 g/mol. The van der Waals surface area contributed by atoms with Crippen molar-refractivity contribution in [1.82, 2.24) is 0 Å². The van der Waals surface area contributed by atoms with Crippen molar-refractivity contribution in [3.63, 3.8) is 0 Å². The molecule has 1 rings (SSSR count). The highest BCUT2D eigenvalue weighted by molar-refractivity contribution is 5.94. The Morgan fingerprint density at radius 2 is 1.62 bits per heavy atom. The minimum absolute atomic E-state index is 0.126. The number of hydrogen-bond acceptors (Lipinski definition) is 2. The number of aromatic hydroxyl groups is 1. The van der Waals surface area contributed by atoms with E-state index in [1.54, 1.807) is 19.9 Å². The summed E-state index contributed by atoms with van der Waals surface area (Å²) in [5, 5.41) is 18.7. The van der Waals surface area contributed by atoms with Crippen LogP contribution in [0.5, 0.6) is 5.75 Å². The number of rotatable bonds is 3. The molecule has 0 atom stereocenters. The molecule has 1 aromatic carbocycles. The van der Waals surface area contributed by atoms with Crippen LogP contribution in [-0.2, 0) is 0 Å². The standard InChI is InChI=1S/C13H14O3/c1-7(2)9-5-10(8(3)4)12(14)11(6-9)13(15)16/h5-6,14H,1,3H2,2,4H3,(H,15,16). The van der Waals surface area contributed by atoms with Crippen molar-refractivity contribution in [2.75, 3.05) is 0 Å². The molecule has 0 aliphatic heterocycles. The van der Waals surface area contributed by atoms with Crippen LogP contribution in [-0.4, -0.2) is 16.2 Å². The fourth-order valence-electron chi connectivity index (χ4n) is 1.37. The maximum absolute atomic E-state index is 11.0. The first-order chi connectivity index (χ1) is 7.34. The van der Waals surface area contributed by atoms with Crippen molar-refractivity contribution in [2.24, 2.45) is 0 Å². The molecule has 0 saturated carbocycles. The van der Waals surface area contributed by atoms with Gasteiger partial charge in [-0.3, -0.25) is 0 Å². The number of hydrogen-bond donors (Lipinski definition) is 2. The second kappa shape index (κ2) is 4.23. The van der Waals surface area contributed by atoms with E-state index in [4.69, 9.17) is 5.11 Å². The number of carboxylic acid groups (broad SMARTS) is 1. The highest BCUT2D eigenvalue weighted by Gasteiger charge is 2.15. The third-order valence-electron chi connectivity index (χ3n) is 2.29. The molecule has 16 heavy (non-hydrogen) atoms. The largest absolute Gasteiger partial charge is 0.506 e. The topological polar surface area (TPSA) is 57.5 Å². The van der Waals surface area contributed by atoms with Crippen LogP contribution >= 0.6 is 0 Å². The molecule has 0 aromatic heterocycles. The number of allylic oxidation sites excluding steroid dienone is 2. The maximum Gasteiger partial charge on any atom is 0.339 e. The van der Waals surface area contributed by atoms with E-state index in [1.165, 1.54) is 6.07 Å². The van der Waals surface area contributed by atoms with Crippen molar-refractivity contribution in [3.8, 4) is 5.75 Å². The van der Waals surface area contributed by atoms with Gasteiger partial charge >= 0.3 is 5.97 Å². The lowest BCUT2D eigenvalue weighted by atomic mass is 9.97. The van der Waals surface area contributed by atoms with E-state index in [1.807, 2.05) is 0 Å². The molecule has 0 saturated heterocycles. The third-order valence-corrected chi connectivity index (χ3v) is 2.29. The van der Waals surface area contributed by atoms with E-state index >= 15 is 0 Å². The zero-order valence-electron chi connectivity index (χ0n) is 9.37. The van der Waals surface area contributed by atoms with Gasteiger partial charge in [0, 0.05) is 5.56 Å². The smallest absolute Gasteiger partial charge is 0.339 e. The van der Waals surface area contributed by atoms with Gasteiger partial charge < -0.3 is 10.2 Å². The summed E-state index contributed by atoms with van der Waals surface area (Å²) in [5.74, 6) is -1.41. The molecule has 0 spiro atoms. The zero-order valence-corrected chi connectivity index (χ0v) is 9.37. The van der Waals surface area contributed by atoms with Crippen LogP contribution in [0.15, 0.2) is 25.3 Å². The summed E-state index contributed by atoms with van der Waals surface area (Å²) < 4.78 is 0. The summed E-state index contributed by atoms with van der Waals surface area (Å²) in [5.41, 5.74) is 2.36. The summed E-state index contributed by atoms with van der Waals surface area (Å²) in [6.45, 7) is 10.9. The van der Waals surface area contributed by atoms with E-state index in [2.05, 4.69) is 13.2 Å². The minimum Gasteiger partial charge on any atom is -0.506 e. The van der Waals surface area contributed by atoms with Crippen LogP contribution in [0.1, 0.15) is 35.3 Å². The summed E-state index contributed by atoms with van der Waals surface area (Å²) >= 11 is 0. The highest BCUT2D eigenvalue weighted by atomic mass is 16.4. The number of benzene rings is 1. The van der Waals surface area contributed by atoms with Crippen molar-refractivity contribution < 1.29 is 15.0 Å². The zero-order chi connectivity index (χ0) is 12.5. The van der Waals surface area contributed by atoms with Gasteiger partial charge in [-0.2, -0.15) is 0 Å². The Labute approximate surface area is 94.4 Å². The van der Waals surface area contributed by atoms with Gasteiger partial charge in [0.05, 0.1) is 0 Å². The van der Waals surface area contributed by atoms with Gasteiger partial charge in [0.1, 0.15) is 11.3 Å². The Hall–Kier alpha value is -2.03. The predicted octanol–water partition coefficient (Wildman–Crippen LogP) is 3.16. The van der Waals surface area contributed by atoms with Crippen LogP contribution in [0, 0.1) is 0 Å². The molecule has 3 heteroatoms. The van der Waals surface area contributed by atoms with Crippen molar-refractivity contribution >= 4 is 17.1 Å². The molecule has 0 aliphatic rings. The summed E-state index contributed by atoms with van der Waals surface area (Å²) in [6, 6.07) is 3.10. The first-order valence-corrected chi connectivity index (χ1v) is 4.76. The SMILES string of the molecule is C=C(C)c1cc(C(=C)C)c(O)c(C(=O)O)c1. The van der Waals surface area contributed by atoms with E-state index in [9.17, 15) is 9.90 Å². The first-order valence-electron chi connectivity index (χ1n) is 4.76. The Bertz CT molecular complexity index is 449. The summed E-state index contributed by atoms with van der Waals surface area (Å²) in [4.78, 5) is 11.0. The van der Waals surface area contributed by atoms with Gasteiger partial charge in [-0.25, -0.2) is 4.79 Å². The lowest BCUT2D eigenvalue weighted by Gasteiger charge is -2.10. The van der Waals surface area contributed by atoms with Crippen LogP contribution in [0.25, 0.3) is 11.1 Å². The first kappa shape index (κ1) is 12.0. The highest BCUT2D eigenvalue weighted by Crippen LogP contribution is 2.31. The Morgan fingerprint density at radius 3 is 2.00 bits per heavy atom. The molecule has 0 heterocycles. The molecule has 0 amide bonds. The van der Waals surface area contributed by atoms with Crippen molar-refractivity contribution in [3.05, 3.63) is 42.0 Å². The Morgan fingerprint density at radius 1 is 1.12 bits per heavy atom. The van der Waals surface area contributed by atoms with E-state index in [0.717, 1.165) is 5.57 Å². The molecule has 0 unspecified atom stereocenters. The second-order valence-corrected chi connectivity index (χ2v) is 3.79. The maximum atomic E-state index is 11.0. The molecule has 1 aromatic rings. The normalized spacial score (nSPS) is 9.88. The number of carbonyl (C=O) groups is 1. The van der Waals surface area contributed by atoms with Crippen LogP contribution in [0.4, 0.5) is 0 Å². The molecular formula is C13H14O3. The molecule has 3 nitrogen and oxygen atoms in total. The van der Waals surface area contributed by atoms with Gasteiger partial charge in [-0.1, -0.05) is 18.7 Å². The molecule has 84 valence electrons. The van der Waals surface area contributed by atoms with Gasteiger partial charge in [0.2, 0.25) is 0 Å². The van der Waals surface area contributed by atoms with Gasteiger partial charge in [0.25, 0.3) is 0 Å². The van der Waals surface area contributed by atoms with Gasteiger partial charge in [0.15, 0.2) is 0 Å². The van der Waals surface area contributed by atoms with Crippen molar-refractivity contribution in [2.45, 2.75) is 13.8 Å². The Balaban J connectivity index is 3.57. The van der Waals surface area contributed by atoms with Crippen LogP contribution < -0.4 is 0 Å². The molecule has 0 radical (unpaired) electrons. The number of phenols is 1. The van der Waals surface area contributed by atoms with Crippen LogP contribution in [0.3, 0.4) is 0 Å². The fourth-order valence-corrected chi connectivity index (χ4v) is 1.37. The van der Waals surface area contributed by atoms with Gasteiger partial charge in [-0.15, -0.1) is 0 Å². The summed E-state index contributed by atoms with van der Waals surface area (Å²) in [7, 11) is 0. The molecule has 2 N–H and O–H groups in total. The lowest BCUT2D eigenvalue weighted by molar-refractivity contribution is 0.0693. The van der Waals surface area contributed by atoms with E-state index < -0.39 is 5.97 Å². The third kappa shape index (κ3) is 2.14. The molecule has 0 fully saturated rings. The quantitative estimate of drug-likeness (QED) is 0.819. The molecule has 0 bridgehead atoms. The average molecular weight is 218 g/mol.